The van der Waals surface area contributed by atoms with E-state index < -0.39 is 28.4 Å². The number of furan rings is 1. The van der Waals surface area contributed by atoms with Gasteiger partial charge in [0.1, 0.15) is 23.3 Å². The fraction of sp³-hybridized carbons (Fsp3) is 0.0909. The lowest BCUT2D eigenvalue weighted by Crippen LogP contribution is -2.29. The van der Waals surface area contributed by atoms with Gasteiger partial charge >= 0.3 is 0 Å². The highest BCUT2D eigenvalue weighted by molar-refractivity contribution is 6.51. The quantitative estimate of drug-likeness (QED) is 0.230. The summed E-state index contributed by atoms with van der Waals surface area (Å²) in [5.41, 5.74) is 0.0701. The van der Waals surface area contributed by atoms with Crippen molar-refractivity contribution in [2.75, 3.05) is 4.90 Å². The first-order valence-electron chi connectivity index (χ1n) is 9.05. The number of carbonyl (C=O) groups is 2. The number of hydrogen-bond acceptors (Lipinski definition) is 6. The number of aliphatic hydroxyl groups is 1. The molecule has 1 amide bonds. The van der Waals surface area contributed by atoms with Gasteiger partial charge in [0.25, 0.3) is 17.4 Å². The second-order valence-electron chi connectivity index (χ2n) is 6.76. The number of nitrogens with zero attached hydrogens (tertiary/aromatic N) is 2. The van der Waals surface area contributed by atoms with Gasteiger partial charge in [-0.25, -0.2) is 0 Å². The average Bonchev–Trinajstić information content (AvgIpc) is 3.29. The molecule has 2 aromatic carbocycles. The van der Waals surface area contributed by atoms with Crippen LogP contribution in [0.1, 0.15) is 23.1 Å². The number of amides is 1. The Morgan fingerprint density at radius 2 is 1.80 bits per heavy atom. The van der Waals surface area contributed by atoms with Gasteiger partial charge in [-0.3, -0.25) is 24.6 Å². The summed E-state index contributed by atoms with van der Waals surface area (Å²) in [6.07, 6.45) is 0. The van der Waals surface area contributed by atoms with Gasteiger partial charge in [0.2, 0.25) is 0 Å². The number of nitro benzene ring substituents is 1. The fourth-order valence-corrected chi connectivity index (χ4v) is 3.48. The Bertz CT molecular complexity index is 1200. The third-order valence-corrected chi connectivity index (χ3v) is 4.84. The molecular formula is C22H16N2O6. The molecule has 30 heavy (non-hydrogen) atoms. The molecule has 1 N–H and O–H groups in total. The Kier molecular flexibility index (Phi) is 4.67. The fourth-order valence-electron chi connectivity index (χ4n) is 3.48. The van der Waals surface area contributed by atoms with Crippen LogP contribution >= 0.6 is 0 Å². The zero-order valence-corrected chi connectivity index (χ0v) is 15.8. The number of aryl methyl sites for hydroxylation is 1. The van der Waals surface area contributed by atoms with Crippen molar-refractivity contribution in [1.29, 1.82) is 0 Å². The number of Topliss-reactive ketones (excluding diaryl/α,β-unsaturated/α-hetero) is 1. The van der Waals surface area contributed by atoms with E-state index in [0.717, 1.165) is 6.07 Å². The van der Waals surface area contributed by atoms with Crippen molar-refractivity contribution in [3.8, 4) is 0 Å². The van der Waals surface area contributed by atoms with Crippen LogP contribution in [0.2, 0.25) is 0 Å². The summed E-state index contributed by atoms with van der Waals surface area (Å²) in [5, 5.41) is 22.0. The Morgan fingerprint density at radius 3 is 2.43 bits per heavy atom. The Labute approximate surface area is 170 Å². The van der Waals surface area contributed by atoms with Gasteiger partial charge in [-0.05, 0) is 31.2 Å². The highest BCUT2D eigenvalue weighted by atomic mass is 16.6. The lowest BCUT2D eigenvalue weighted by atomic mass is 9.99. The predicted molar refractivity (Wildman–Crippen MR) is 108 cm³/mol. The molecule has 1 unspecified atom stereocenters. The Balaban J connectivity index is 1.94. The van der Waals surface area contributed by atoms with Gasteiger partial charge in [0.15, 0.2) is 0 Å². The van der Waals surface area contributed by atoms with Crippen molar-refractivity contribution in [2.24, 2.45) is 0 Å². The van der Waals surface area contributed by atoms with Crippen molar-refractivity contribution < 1.29 is 24.0 Å². The van der Waals surface area contributed by atoms with E-state index >= 15 is 0 Å². The van der Waals surface area contributed by atoms with E-state index in [0.29, 0.717) is 17.2 Å². The minimum atomic E-state index is -1.01. The second kappa shape index (κ2) is 7.32. The maximum absolute atomic E-state index is 12.9. The molecule has 1 atom stereocenters. The maximum atomic E-state index is 12.9. The average molecular weight is 404 g/mol. The first-order chi connectivity index (χ1) is 14.4. The molecular weight excluding hydrogens is 388 g/mol. The molecule has 0 bridgehead atoms. The van der Waals surface area contributed by atoms with Crippen LogP contribution < -0.4 is 4.90 Å². The van der Waals surface area contributed by atoms with Gasteiger partial charge in [0.05, 0.1) is 10.5 Å². The third-order valence-electron chi connectivity index (χ3n) is 4.84. The highest BCUT2D eigenvalue weighted by Crippen LogP contribution is 2.42. The summed E-state index contributed by atoms with van der Waals surface area (Å²) in [4.78, 5) is 37.6. The van der Waals surface area contributed by atoms with Crippen molar-refractivity contribution in [3.05, 3.63) is 99.5 Å². The van der Waals surface area contributed by atoms with Crippen LogP contribution in [0.4, 0.5) is 11.4 Å². The molecule has 2 heterocycles. The number of carbonyl (C=O) groups excluding carboxylic acids is 2. The molecule has 8 nitrogen and oxygen atoms in total. The number of para-hydroxylation sites is 1. The standard InChI is InChI=1S/C22H16N2O6/c1-13-10-11-17(30-13)19-18(20(25)14-6-5-9-16(12-14)24(28)29)21(26)22(27)23(19)15-7-3-2-4-8-15/h2-12,19,25H,1H3/b20-18-. The van der Waals surface area contributed by atoms with Crippen molar-refractivity contribution >= 4 is 28.8 Å². The molecule has 1 fully saturated rings. The maximum Gasteiger partial charge on any atom is 0.300 e. The summed E-state index contributed by atoms with van der Waals surface area (Å²) in [6.45, 7) is 1.72. The number of non-ortho nitro benzene ring substituents is 1. The van der Waals surface area contributed by atoms with E-state index in [2.05, 4.69) is 0 Å². The summed E-state index contributed by atoms with van der Waals surface area (Å²) in [6, 6.07) is 16.1. The molecule has 4 rings (SSSR count). The number of aliphatic hydroxyl groups excluding tert-OH is 1. The largest absolute Gasteiger partial charge is 0.507 e. The summed E-state index contributed by atoms with van der Waals surface area (Å²) >= 11 is 0. The number of benzene rings is 2. The molecule has 1 aliphatic rings. The summed E-state index contributed by atoms with van der Waals surface area (Å²) in [7, 11) is 0. The molecule has 150 valence electrons. The van der Waals surface area contributed by atoms with Crippen molar-refractivity contribution in [2.45, 2.75) is 13.0 Å². The number of hydrogen-bond donors (Lipinski definition) is 1. The zero-order chi connectivity index (χ0) is 21.4. The van der Waals surface area contributed by atoms with Crippen LogP contribution in [0.3, 0.4) is 0 Å². The summed E-state index contributed by atoms with van der Waals surface area (Å²) < 4.78 is 5.69. The van der Waals surface area contributed by atoms with Crippen LogP contribution in [-0.2, 0) is 9.59 Å². The molecule has 1 aromatic heterocycles. The minimum absolute atomic E-state index is 0.0588. The molecule has 0 aliphatic carbocycles. The molecule has 0 radical (unpaired) electrons. The number of anilines is 1. The van der Waals surface area contributed by atoms with Gasteiger partial charge < -0.3 is 9.52 Å². The predicted octanol–water partition coefficient (Wildman–Crippen LogP) is 4.12. The monoisotopic (exact) mass is 404 g/mol. The minimum Gasteiger partial charge on any atom is -0.507 e. The molecule has 3 aromatic rings. The van der Waals surface area contributed by atoms with E-state index in [1.54, 1.807) is 49.4 Å². The first-order valence-corrected chi connectivity index (χ1v) is 9.05. The van der Waals surface area contributed by atoms with E-state index in [9.17, 15) is 24.8 Å². The topological polar surface area (TPSA) is 114 Å². The Hall–Kier alpha value is -4.20. The van der Waals surface area contributed by atoms with E-state index in [4.69, 9.17) is 4.42 Å². The summed E-state index contributed by atoms with van der Waals surface area (Å²) in [5.74, 6) is -1.37. The molecule has 1 saturated heterocycles. The van der Waals surface area contributed by atoms with Gasteiger partial charge in [-0.2, -0.15) is 0 Å². The number of ketones is 1. The SMILES string of the molecule is Cc1ccc(C2/C(=C(/O)c3cccc([N+](=O)[O-])c3)C(=O)C(=O)N2c2ccccc2)o1. The highest BCUT2D eigenvalue weighted by Gasteiger charge is 2.48. The van der Waals surface area contributed by atoms with Gasteiger partial charge in [-0.15, -0.1) is 0 Å². The van der Waals surface area contributed by atoms with Crippen LogP contribution in [0, 0.1) is 17.0 Å². The molecule has 1 aliphatic heterocycles. The lowest BCUT2D eigenvalue weighted by molar-refractivity contribution is -0.384. The van der Waals surface area contributed by atoms with Crippen molar-refractivity contribution in [3.63, 3.8) is 0 Å². The molecule has 8 heteroatoms. The Morgan fingerprint density at radius 1 is 1.07 bits per heavy atom. The zero-order valence-electron chi connectivity index (χ0n) is 15.8. The van der Waals surface area contributed by atoms with E-state index in [1.807, 2.05) is 0 Å². The van der Waals surface area contributed by atoms with E-state index in [1.165, 1.54) is 23.1 Å². The van der Waals surface area contributed by atoms with Gasteiger partial charge in [-0.1, -0.05) is 30.3 Å². The van der Waals surface area contributed by atoms with E-state index in [-0.39, 0.29) is 16.8 Å². The lowest BCUT2D eigenvalue weighted by Gasteiger charge is -2.23. The van der Waals surface area contributed by atoms with Crippen LogP contribution in [0.15, 0.2) is 76.7 Å². The van der Waals surface area contributed by atoms with Crippen molar-refractivity contribution in [1.82, 2.24) is 0 Å². The van der Waals surface area contributed by atoms with Gasteiger partial charge in [0, 0.05) is 23.4 Å². The second-order valence-corrected chi connectivity index (χ2v) is 6.76. The third kappa shape index (κ3) is 3.14. The first kappa shape index (κ1) is 19.1. The van der Waals surface area contributed by atoms with Crippen LogP contribution in [-0.4, -0.2) is 21.7 Å². The smallest absolute Gasteiger partial charge is 0.300 e. The number of rotatable bonds is 4. The number of nitro groups is 1. The normalized spacial score (nSPS) is 18.0. The molecule has 0 spiro atoms. The van der Waals surface area contributed by atoms with Crippen LogP contribution in [0.25, 0.3) is 5.76 Å². The molecule has 0 saturated carbocycles. The van der Waals surface area contributed by atoms with Crippen LogP contribution in [0.5, 0.6) is 0 Å².